The molecule has 1 unspecified atom stereocenters. The summed E-state index contributed by atoms with van der Waals surface area (Å²) >= 11 is 0. The summed E-state index contributed by atoms with van der Waals surface area (Å²) in [6.07, 6.45) is 1.28. The fourth-order valence-electron chi connectivity index (χ4n) is 6.07. The minimum Gasteiger partial charge on any atom is -0.384 e. The molecule has 6 rings (SSSR count). The molecule has 0 radical (unpaired) electrons. The van der Waals surface area contributed by atoms with Crippen LogP contribution in [-0.2, 0) is 4.57 Å². The standard InChI is InChI=1S/C41H35O2P/c1-31-17-14-15-18-32(31)29-30-33-23-16-28-38(33)40(42)41(39(34-19-6-2-7-20-34)35-21-8-3-9-22-35)44(43,36-24-10-4-11-25-36)37-26-12-5-13-27-37/h2-15,17-22,24-27,40,42H,16,23,28H2,1H3. The first-order chi connectivity index (χ1) is 21.6. The second kappa shape index (κ2) is 13.3. The second-order valence-corrected chi connectivity index (χ2v) is 13.8. The van der Waals surface area contributed by atoms with Crippen molar-refractivity contribution in [2.45, 2.75) is 32.3 Å². The zero-order chi connectivity index (χ0) is 30.4. The van der Waals surface area contributed by atoms with Gasteiger partial charge in [0.2, 0.25) is 0 Å². The molecule has 0 aromatic heterocycles. The van der Waals surface area contributed by atoms with E-state index in [-0.39, 0.29) is 0 Å². The normalized spacial score (nSPS) is 13.6. The third-order valence-corrected chi connectivity index (χ3v) is 11.5. The van der Waals surface area contributed by atoms with Gasteiger partial charge in [0.1, 0.15) is 6.10 Å². The highest BCUT2D eigenvalue weighted by Crippen LogP contribution is 2.58. The maximum atomic E-state index is 16.2. The van der Waals surface area contributed by atoms with Gasteiger partial charge in [-0.15, -0.1) is 0 Å². The van der Waals surface area contributed by atoms with Crippen LogP contribution in [-0.4, -0.2) is 11.2 Å². The third kappa shape index (κ3) is 5.91. The van der Waals surface area contributed by atoms with Gasteiger partial charge in [0, 0.05) is 27.1 Å². The fraction of sp³-hybridized carbons (Fsp3) is 0.122. The quantitative estimate of drug-likeness (QED) is 0.152. The number of aliphatic hydroxyl groups excluding tert-OH is 1. The highest BCUT2D eigenvalue weighted by atomic mass is 31.2. The second-order valence-electron chi connectivity index (χ2n) is 11.1. The summed E-state index contributed by atoms with van der Waals surface area (Å²) in [5.41, 5.74) is 6.50. The monoisotopic (exact) mass is 590 g/mol. The van der Waals surface area contributed by atoms with Gasteiger partial charge in [0.25, 0.3) is 0 Å². The highest BCUT2D eigenvalue weighted by molar-refractivity contribution is 7.82. The molecule has 2 nitrogen and oxygen atoms in total. The lowest BCUT2D eigenvalue weighted by Crippen LogP contribution is -2.26. The Morgan fingerprint density at radius 1 is 0.636 bits per heavy atom. The van der Waals surface area contributed by atoms with Crippen molar-refractivity contribution < 1.29 is 9.67 Å². The van der Waals surface area contributed by atoms with Crippen molar-refractivity contribution in [1.29, 1.82) is 0 Å². The number of aryl methyl sites for hydroxylation is 1. The van der Waals surface area contributed by atoms with Gasteiger partial charge in [0.15, 0.2) is 7.14 Å². The zero-order valence-corrected chi connectivity index (χ0v) is 25.8. The summed E-state index contributed by atoms with van der Waals surface area (Å²) in [6, 6.07) is 47.5. The molecule has 0 fully saturated rings. The lowest BCUT2D eigenvalue weighted by Gasteiger charge is -2.30. The summed E-state index contributed by atoms with van der Waals surface area (Å²) < 4.78 is 16.2. The van der Waals surface area contributed by atoms with Crippen LogP contribution in [0.25, 0.3) is 5.57 Å². The molecule has 1 atom stereocenters. The van der Waals surface area contributed by atoms with Crippen molar-refractivity contribution in [2.75, 3.05) is 0 Å². The van der Waals surface area contributed by atoms with Gasteiger partial charge >= 0.3 is 0 Å². The fourth-order valence-corrected chi connectivity index (χ4v) is 9.19. The first kappa shape index (κ1) is 29.4. The maximum Gasteiger partial charge on any atom is 0.170 e. The molecular weight excluding hydrogens is 555 g/mol. The Hall–Kier alpha value is -4.67. The topological polar surface area (TPSA) is 37.3 Å². The zero-order valence-electron chi connectivity index (χ0n) is 24.9. The smallest absolute Gasteiger partial charge is 0.170 e. The Morgan fingerprint density at radius 2 is 1.11 bits per heavy atom. The molecule has 0 heterocycles. The first-order valence-corrected chi connectivity index (χ1v) is 16.8. The Bertz CT molecular complexity index is 1830. The van der Waals surface area contributed by atoms with E-state index in [1.165, 1.54) is 0 Å². The molecule has 0 bridgehead atoms. The van der Waals surface area contributed by atoms with Crippen molar-refractivity contribution in [3.63, 3.8) is 0 Å². The average Bonchev–Trinajstić information content (AvgIpc) is 3.56. The molecule has 5 aromatic rings. The average molecular weight is 591 g/mol. The lowest BCUT2D eigenvalue weighted by molar-refractivity contribution is 0.251. The van der Waals surface area contributed by atoms with Crippen LogP contribution in [0.3, 0.4) is 0 Å². The number of hydrogen-bond acceptors (Lipinski definition) is 2. The molecule has 3 heteroatoms. The molecule has 0 saturated heterocycles. The number of aliphatic hydroxyl groups is 1. The summed E-state index contributed by atoms with van der Waals surface area (Å²) in [4.78, 5) is 0. The summed E-state index contributed by atoms with van der Waals surface area (Å²) in [6.45, 7) is 2.06. The minimum absolute atomic E-state index is 0.527. The van der Waals surface area contributed by atoms with E-state index in [9.17, 15) is 5.11 Å². The summed E-state index contributed by atoms with van der Waals surface area (Å²) in [5, 5.41) is 14.6. The molecule has 44 heavy (non-hydrogen) atoms. The van der Waals surface area contributed by atoms with Crippen molar-refractivity contribution in [1.82, 2.24) is 0 Å². The van der Waals surface area contributed by atoms with Crippen LogP contribution in [0, 0.1) is 18.8 Å². The van der Waals surface area contributed by atoms with Crippen molar-refractivity contribution >= 4 is 23.3 Å². The van der Waals surface area contributed by atoms with Crippen LogP contribution in [0.5, 0.6) is 0 Å². The van der Waals surface area contributed by atoms with Gasteiger partial charge in [-0.05, 0) is 60.1 Å². The molecule has 0 saturated carbocycles. The third-order valence-electron chi connectivity index (χ3n) is 8.30. The lowest BCUT2D eigenvalue weighted by atomic mass is 9.93. The van der Waals surface area contributed by atoms with Crippen molar-refractivity contribution in [2.24, 2.45) is 0 Å². The van der Waals surface area contributed by atoms with Crippen LogP contribution in [0.4, 0.5) is 0 Å². The molecule has 1 N–H and O–H groups in total. The van der Waals surface area contributed by atoms with Crippen molar-refractivity contribution in [3.8, 4) is 11.8 Å². The van der Waals surface area contributed by atoms with Crippen LogP contribution in [0.2, 0.25) is 0 Å². The van der Waals surface area contributed by atoms with E-state index in [0.717, 1.165) is 51.8 Å². The summed E-state index contributed by atoms with van der Waals surface area (Å²) in [7, 11) is -3.59. The van der Waals surface area contributed by atoms with E-state index in [1.54, 1.807) is 0 Å². The molecule has 0 spiro atoms. The molecule has 216 valence electrons. The maximum absolute atomic E-state index is 16.2. The van der Waals surface area contributed by atoms with E-state index in [1.807, 2.05) is 140 Å². The number of benzene rings is 5. The van der Waals surface area contributed by atoms with Crippen LogP contribution in [0.1, 0.15) is 41.5 Å². The Balaban J connectivity index is 1.69. The largest absolute Gasteiger partial charge is 0.384 e. The molecular formula is C41H35O2P. The Labute approximate surface area is 260 Å². The van der Waals surface area contributed by atoms with Gasteiger partial charge < -0.3 is 9.67 Å². The van der Waals surface area contributed by atoms with Gasteiger partial charge in [-0.1, -0.05) is 151 Å². The van der Waals surface area contributed by atoms with Crippen LogP contribution in [0.15, 0.2) is 162 Å². The van der Waals surface area contributed by atoms with Crippen LogP contribution < -0.4 is 10.6 Å². The van der Waals surface area contributed by atoms with E-state index >= 15 is 4.57 Å². The molecule has 1 aliphatic carbocycles. The number of rotatable bonds is 7. The molecule has 0 amide bonds. The predicted molar refractivity (Wildman–Crippen MR) is 184 cm³/mol. The minimum atomic E-state index is -3.59. The van der Waals surface area contributed by atoms with Crippen LogP contribution >= 0.6 is 7.14 Å². The van der Waals surface area contributed by atoms with E-state index in [0.29, 0.717) is 22.3 Å². The Morgan fingerprint density at radius 3 is 1.64 bits per heavy atom. The van der Waals surface area contributed by atoms with Gasteiger partial charge in [0.05, 0.1) is 0 Å². The van der Waals surface area contributed by atoms with E-state index in [2.05, 4.69) is 24.8 Å². The number of allylic oxidation sites excluding steroid dienone is 1. The van der Waals surface area contributed by atoms with Gasteiger partial charge in [-0.3, -0.25) is 0 Å². The number of hydrogen-bond donors (Lipinski definition) is 1. The molecule has 5 aromatic carbocycles. The first-order valence-electron chi connectivity index (χ1n) is 15.1. The molecule has 0 aliphatic heterocycles. The SMILES string of the molecule is Cc1ccccc1C#CC1=C(C(O)C(=C(c2ccccc2)c2ccccc2)P(=O)(c2ccccc2)c2ccccc2)CCC1. The van der Waals surface area contributed by atoms with E-state index < -0.39 is 13.2 Å². The highest BCUT2D eigenvalue weighted by Gasteiger charge is 2.41. The molecule has 1 aliphatic rings. The van der Waals surface area contributed by atoms with Gasteiger partial charge in [-0.25, -0.2) is 0 Å². The Kier molecular flexibility index (Phi) is 8.90. The summed E-state index contributed by atoms with van der Waals surface area (Å²) in [5.74, 6) is 6.80. The van der Waals surface area contributed by atoms with Crippen molar-refractivity contribution in [3.05, 3.63) is 184 Å². The predicted octanol–water partition coefficient (Wildman–Crippen LogP) is 8.66. The van der Waals surface area contributed by atoms with Gasteiger partial charge in [-0.2, -0.15) is 0 Å². The van der Waals surface area contributed by atoms with E-state index in [4.69, 9.17) is 0 Å².